The van der Waals surface area contributed by atoms with E-state index >= 15 is 0 Å². The number of rotatable bonds is 7. The summed E-state index contributed by atoms with van der Waals surface area (Å²) >= 11 is 0. The van der Waals surface area contributed by atoms with E-state index in [0.29, 0.717) is 5.56 Å². The van der Waals surface area contributed by atoms with Crippen molar-refractivity contribution in [2.24, 2.45) is 0 Å². The van der Waals surface area contributed by atoms with Crippen LogP contribution in [0.25, 0.3) is 0 Å². The Hall–Kier alpha value is -2.87. The first-order valence-corrected chi connectivity index (χ1v) is 8.65. The molecule has 0 amide bonds. The van der Waals surface area contributed by atoms with Gasteiger partial charge < -0.3 is 5.11 Å². The first kappa shape index (κ1) is 17.0. The van der Waals surface area contributed by atoms with Gasteiger partial charge in [0.05, 0.1) is 5.56 Å². The topological polar surface area (TPSA) is 37.3 Å². The quantitative estimate of drug-likeness (QED) is 0.665. The summed E-state index contributed by atoms with van der Waals surface area (Å²) in [6, 6.07) is 26.5. The molecular formula is C23H22O2. The Labute approximate surface area is 148 Å². The minimum atomic E-state index is -0.877. The molecule has 0 saturated carbocycles. The predicted molar refractivity (Wildman–Crippen MR) is 101 cm³/mol. The van der Waals surface area contributed by atoms with Crippen molar-refractivity contribution in [1.29, 1.82) is 0 Å². The lowest BCUT2D eigenvalue weighted by Gasteiger charge is -2.06. The maximum Gasteiger partial charge on any atom is 0.335 e. The highest BCUT2D eigenvalue weighted by atomic mass is 16.4. The molecule has 3 rings (SSSR count). The van der Waals surface area contributed by atoms with Gasteiger partial charge in [-0.15, -0.1) is 0 Å². The van der Waals surface area contributed by atoms with Crippen LogP contribution in [0.2, 0.25) is 0 Å². The zero-order valence-corrected chi connectivity index (χ0v) is 14.2. The Morgan fingerprint density at radius 2 is 0.920 bits per heavy atom. The van der Waals surface area contributed by atoms with Crippen LogP contribution in [0.3, 0.4) is 0 Å². The third-order valence-electron chi connectivity index (χ3n) is 4.47. The van der Waals surface area contributed by atoms with Crippen molar-refractivity contribution in [1.82, 2.24) is 0 Å². The van der Waals surface area contributed by atoms with Crippen molar-refractivity contribution in [3.8, 4) is 0 Å². The number of aryl methyl sites for hydroxylation is 4. The molecule has 2 heteroatoms. The molecule has 0 unspecified atom stereocenters. The lowest BCUT2D eigenvalue weighted by Crippen LogP contribution is -1.97. The van der Waals surface area contributed by atoms with Crippen LogP contribution in [0.5, 0.6) is 0 Å². The first-order valence-electron chi connectivity index (χ1n) is 8.65. The van der Waals surface area contributed by atoms with Crippen LogP contribution in [0.1, 0.15) is 32.6 Å². The van der Waals surface area contributed by atoms with Crippen molar-refractivity contribution < 1.29 is 9.90 Å². The summed E-state index contributed by atoms with van der Waals surface area (Å²) in [5, 5.41) is 8.93. The van der Waals surface area contributed by atoms with E-state index in [-0.39, 0.29) is 0 Å². The average molecular weight is 330 g/mol. The van der Waals surface area contributed by atoms with Gasteiger partial charge in [-0.05, 0) is 60.1 Å². The molecule has 3 aromatic rings. The third-order valence-corrected chi connectivity index (χ3v) is 4.47. The van der Waals surface area contributed by atoms with Gasteiger partial charge >= 0.3 is 5.97 Å². The van der Waals surface area contributed by atoms with Crippen molar-refractivity contribution >= 4 is 5.97 Å². The molecule has 0 heterocycles. The first-order chi connectivity index (χ1) is 12.2. The van der Waals surface area contributed by atoms with Crippen LogP contribution in [0.4, 0.5) is 0 Å². The molecule has 0 fully saturated rings. The molecule has 0 aliphatic rings. The Kier molecular flexibility index (Phi) is 5.63. The van der Waals surface area contributed by atoms with Crippen molar-refractivity contribution in [3.63, 3.8) is 0 Å². The Balaban J connectivity index is 1.51. The molecule has 25 heavy (non-hydrogen) atoms. The zero-order valence-electron chi connectivity index (χ0n) is 14.2. The summed E-state index contributed by atoms with van der Waals surface area (Å²) in [7, 11) is 0. The van der Waals surface area contributed by atoms with Gasteiger partial charge in [0.2, 0.25) is 0 Å². The summed E-state index contributed by atoms with van der Waals surface area (Å²) in [6.45, 7) is 0. The molecule has 126 valence electrons. The molecular weight excluding hydrogens is 308 g/mol. The maximum absolute atomic E-state index is 10.9. The lowest BCUT2D eigenvalue weighted by molar-refractivity contribution is 0.0697. The highest BCUT2D eigenvalue weighted by Crippen LogP contribution is 2.12. The minimum absolute atomic E-state index is 0.339. The summed E-state index contributed by atoms with van der Waals surface area (Å²) in [6.07, 6.45) is 4.01. The molecule has 0 aliphatic heterocycles. The molecule has 2 nitrogen and oxygen atoms in total. The molecule has 0 saturated heterocycles. The second-order valence-corrected chi connectivity index (χ2v) is 6.30. The second-order valence-electron chi connectivity index (χ2n) is 6.30. The Morgan fingerprint density at radius 1 is 0.560 bits per heavy atom. The number of benzene rings is 3. The van der Waals surface area contributed by atoms with Crippen LogP contribution in [0, 0.1) is 0 Å². The molecule has 0 radical (unpaired) electrons. The highest BCUT2D eigenvalue weighted by molar-refractivity contribution is 5.87. The van der Waals surface area contributed by atoms with Gasteiger partial charge in [-0.3, -0.25) is 0 Å². The van der Waals surface area contributed by atoms with E-state index < -0.39 is 5.97 Å². The molecule has 0 spiro atoms. The molecule has 3 aromatic carbocycles. The maximum atomic E-state index is 10.9. The molecule has 0 bridgehead atoms. The van der Waals surface area contributed by atoms with E-state index in [4.69, 9.17) is 5.11 Å². The van der Waals surface area contributed by atoms with Crippen molar-refractivity contribution in [2.75, 3.05) is 0 Å². The van der Waals surface area contributed by atoms with Crippen molar-refractivity contribution in [2.45, 2.75) is 25.7 Å². The monoisotopic (exact) mass is 330 g/mol. The van der Waals surface area contributed by atoms with Crippen molar-refractivity contribution in [3.05, 3.63) is 107 Å². The van der Waals surface area contributed by atoms with Crippen LogP contribution < -0.4 is 0 Å². The normalized spacial score (nSPS) is 10.6. The van der Waals surface area contributed by atoms with Crippen LogP contribution in [-0.2, 0) is 25.7 Å². The number of carboxylic acids is 1. The number of carboxylic acid groups (broad SMARTS) is 1. The fourth-order valence-electron chi connectivity index (χ4n) is 2.91. The van der Waals surface area contributed by atoms with Gasteiger partial charge in [0.1, 0.15) is 0 Å². The summed E-state index contributed by atoms with van der Waals surface area (Å²) in [4.78, 5) is 10.9. The zero-order chi connectivity index (χ0) is 17.5. The van der Waals surface area contributed by atoms with Crippen LogP contribution in [0.15, 0.2) is 78.9 Å². The number of hydrogen-bond donors (Lipinski definition) is 1. The third kappa shape index (κ3) is 5.05. The summed E-state index contributed by atoms with van der Waals surface area (Å²) < 4.78 is 0. The fraction of sp³-hybridized carbons (Fsp3) is 0.174. The Bertz CT molecular complexity index is 803. The van der Waals surface area contributed by atoms with E-state index in [1.807, 2.05) is 18.2 Å². The highest BCUT2D eigenvalue weighted by Gasteiger charge is 2.02. The van der Waals surface area contributed by atoms with E-state index in [2.05, 4.69) is 48.5 Å². The van der Waals surface area contributed by atoms with Crippen LogP contribution >= 0.6 is 0 Å². The molecule has 0 aliphatic carbocycles. The molecule has 1 N–H and O–H groups in total. The summed E-state index contributed by atoms with van der Waals surface area (Å²) in [5.41, 5.74) is 5.55. The van der Waals surface area contributed by atoms with E-state index in [9.17, 15) is 4.79 Å². The van der Waals surface area contributed by atoms with Gasteiger partial charge in [-0.1, -0.05) is 66.7 Å². The average Bonchev–Trinajstić information content (AvgIpc) is 2.67. The predicted octanol–water partition coefficient (Wildman–Crippen LogP) is 4.96. The lowest BCUT2D eigenvalue weighted by atomic mass is 10.00. The second kappa shape index (κ2) is 8.29. The summed E-state index contributed by atoms with van der Waals surface area (Å²) in [5.74, 6) is -0.877. The fourth-order valence-corrected chi connectivity index (χ4v) is 2.91. The van der Waals surface area contributed by atoms with Crippen LogP contribution in [-0.4, -0.2) is 11.1 Å². The molecule has 0 aromatic heterocycles. The van der Waals surface area contributed by atoms with Gasteiger partial charge in [0.15, 0.2) is 0 Å². The number of carbonyl (C=O) groups is 1. The Morgan fingerprint density at radius 3 is 1.32 bits per heavy atom. The standard InChI is InChI=1S/C23H22O2/c24-23(25)22-16-14-21(15-17-22)13-12-20-10-8-19(9-11-20)7-6-18-4-2-1-3-5-18/h1-5,8-11,14-17H,6-7,12-13H2,(H,24,25). The van der Waals surface area contributed by atoms with Gasteiger partial charge in [-0.25, -0.2) is 4.79 Å². The number of hydrogen-bond acceptors (Lipinski definition) is 1. The minimum Gasteiger partial charge on any atom is -0.478 e. The smallest absolute Gasteiger partial charge is 0.335 e. The van der Waals surface area contributed by atoms with Gasteiger partial charge in [0.25, 0.3) is 0 Å². The largest absolute Gasteiger partial charge is 0.478 e. The number of aromatic carboxylic acids is 1. The van der Waals surface area contributed by atoms with Gasteiger partial charge in [0, 0.05) is 0 Å². The van der Waals surface area contributed by atoms with E-state index in [0.717, 1.165) is 31.2 Å². The molecule has 0 atom stereocenters. The van der Waals surface area contributed by atoms with Gasteiger partial charge in [-0.2, -0.15) is 0 Å². The van der Waals surface area contributed by atoms with E-state index in [1.54, 1.807) is 12.1 Å². The van der Waals surface area contributed by atoms with E-state index in [1.165, 1.54) is 16.7 Å². The SMILES string of the molecule is O=C(O)c1ccc(CCc2ccc(CCc3ccccc3)cc2)cc1.